The summed E-state index contributed by atoms with van der Waals surface area (Å²) in [6, 6.07) is 5.10. The predicted octanol–water partition coefficient (Wildman–Crippen LogP) is 0.767. The van der Waals surface area contributed by atoms with Gasteiger partial charge in [-0.3, -0.25) is 24.2 Å². The molecule has 2 aliphatic heterocycles. The number of aryl methyl sites for hydroxylation is 1. The molecule has 3 heterocycles. The Morgan fingerprint density at radius 2 is 1.85 bits per heavy atom. The fourth-order valence-electron chi connectivity index (χ4n) is 3.08. The van der Waals surface area contributed by atoms with Gasteiger partial charge in [-0.25, -0.2) is 0 Å². The van der Waals surface area contributed by atoms with Gasteiger partial charge in [-0.05, 0) is 25.0 Å². The molecule has 0 radical (unpaired) electrons. The van der Waals surface area contributed by atoms with Crippen molar-refractivity contribution in [3.63, 3.8) is 0 Å². The van der Waals surface area contributed by atoms with Crippen molar-refractivity contribution in [1.82, 2.24) is 14.7 Å². The number of anilines is 2. The van der Waals surface area contributed by atoms with Gasteiger partial charge in [-0.1, -0.05) is 6.07 Å². The number of aromatic amines is 1. The largest absolute Gasteiger partial charge is 0.446 e. The summed E-state index contributed by atoms with van der Waals surface area (Å²) >= 11 is 0. The average Bonchev–Trinajstić information content (AvgIpc) is 3.20. The summed E-state index contributed by atoms with van der Waals surface area (Å²) in [4.78, 5) is 38.8. The molecular weight excluding hydrogens is 340 g/mol. The number of aromatic nitrogens is 2. The van der Waals surface area contributed by atoms with E-state index in [1.54, 1.807) is 23.1 Å². The Bertz CT molecular complexity index is 957. The van der Waals surface area contributed by atoms with Gasteiger partial charge in [-0.15, -0.1) is 0 Å². The van der Waals surface area contributed by atoms with Gasteiger partial charge < -0.3 is 20.1 Å². The number of aliphatic hydroxyl groups is 1. The molecule has 1 aromatic heterocycles. The van der Waals surface area contributed by atoms with E-state index in [0.717, 1.165) is 24.6 Å². The minimum absolute atomic E-state index is 0.0690. The highest BCUT2D eigenvalue weighted by Gasteiger charge is 2.29. The van der Waals surface area contributed by atoms with Crippen molar-refractivity contribution in [3.8, 4) is 11.5 Å². The van der Waals surface area contributed by atoms with Crippen molar-refractivity contribution >= 4 is 17.3 Å². The number of hydrogen-bond acceptors (Lipinski definition) is 6. The van der Waals surface area contributed by atoms with Crippen LogP contribution >= 0.6 is 0 Å². The summed E-state index contributed by atoms with van der Waals surface area (Å²) in [5, 5.41) is 12.3. The number of rotatable bonds is 1. The lowest BCUT2D eigenvalue weighted by atomic mass is 10.1. The molecule has 138 valence electrons. The number of H-pyrrole nitrogens is 1. The van der Waals surface area contributed by atoms with E-state index in [1.165, 1.54) is 7.05 Å². The number of carbonyl (C=O) groups is 1. The van der Waals surface area contributed by atoms with Gasteiger partial charge in [-0.2, -0.15) is 0 Å². The Hall–Kier alpha value is -3.07. The lowest BCUT2D eigenvalue weighted by molar-refractivity contribution is 0.0790. The summed E-state index contributed by atoms with van der Waals surface area (Å²) < 4.78 is 6.77. The van der Waals surface area contributed by atoms with E-state index < -0.39 is 11.1 Å². The predicted molar refractivity (Wildman–Crippen MR) is 95.4 cm³/mol. The molecule has 2 aliphatic rings. The Labute approximate surface area is 148 Å². The lowest BCUT2D eigenvalue weighted by Crippen LogP contribution is -2.32. The third-order valence-electron chi connectivity index (χ3n) is 4.32. The normalized spacial score (nSPS) is 14.3. The number of amides is 1. The van der Waals surface area contributed by atoms with E-state index in [0.29, 0.717) is 24.3 Å². The molecule has 3 N–H and O–H groups in total. The van der Waals surface area contributed by atoms with Crippen molar-refractivity contribution in [2.75, 3.05) is 25.5 Å². The first-order chi connectivity index (χ1) is 12.6. The van der Waals surface area contributed by atoms with Crippen molar-refractivity contribution in [1.29, 1.82) is 0 Å². The van der Waals surface area contributed by atoms with E-state index in [1.807, 2.05) is 0 Å². The molecule has 0 unspecified atom stereocenters. The van der Waals surface area contributed by atoms with Gasteiger partial charge >= 0.3 is 5.56 Å². The third kappa shape index (κ3) is 2.86. The van der Waals surface area contributed by atoms with Crippen LogP contribution in [0.25, 0.3) is 0 Å². The van der Waals surface area contributed by atoms with Crippen LogP contribution in [0.2, 0.25) is 0 Å². The molecule has 1 saturated heterocycles. The van der Waals surface area contributed by atoms with Crippen molar-refractivity contribution in [3.05, 3.63) is 44.5 Å². The smallest absolute Gasteiger partial charge is 0.308 e. The lowest BCUT2D eigenvalue weighted by Gasteiger charge is -2.24. The highest BCUT2D eigenvalue weighted by Crippen LogP contribution is 2.40. The quantitative estimate of drug-likeness (QED) is 0.590. The molecule has 0 aliphatic carbocycles. The van der Waals surface area contributed by atoms with Crippen molar-refractivity contribution in [2.45, 2.75) is 12.8 Å². The molecule has 26 heavy (non-hydrogen) atoms. The summed E-state index contributed by atoms with van der Waals surface area (Å²) in [5.74, 6) is 0.0304. The van der Waals surface area contributed by atoms with Crippen LogP contribution in [0.4, 0.5) is 11.4 Å². The van der Waals surface area contributed by atoms with Gasteiger partial charge in [0.15, 0.2) is 11.4 Å². The molecular formula is C17H20N4O5. The second kappa shape index (κ2) is 7.04. The maximum atomic E-state index is 12.7. The fourth-order valence-corrected chi connectivity index (χ4v) is 3.08. The number of nitrogens with one attached hydrogen (secondary N) is 2. The second-order valence-corrected chi connectivity index (χ2v) is 5.92. The molecule has 2 aromatic rings. The van der Waals surface area contributed by atoms with Crippen LogP contribution in [-0.4, -0.2) is 45.9 Å². The zero-order valence-corrected chi connectivity index (χ0v) is 14.5. The van der Waals surface area contributed by atoms with Gasteiger partial charge in [0.05, 0.1) is 11.3 Å². The Kier molecular flexibility index (Phi) is 4.81. The second-order valence-electron chi connectivity index (χ2n) is 5.92. The van der Waals surface area contributed by atoms with Crippen LogP contribution in [0, 0.1) is 0 Å². The summed E-state index contributed by atoms with van der Waals surface area (Å²) in [6.45, 7) is 1.43. The standard InChI is InChI=1S/C16H16N4O4.CH4O/c1-19-16(23)11-13(14(21)18-19)24-12-9(5-4-6-10(12)17-11)15(22)20-7-2-3-8-20;1-2/h4-6,17H,2-3,7-8H2,1H3,(H,18,21);2H,1H3. The SMILES string of the molecule is CO.Cn1[nH]c(=O)c2c(c1=O)Nc1cccc(C(=O)N3CCCC3)c1O2. The Morgan fingerprint density at radius 1 is 1.15 bits per heavy atom. The number of nitrogens with zero attached hydrogens (tertiary/aromatic N) is 2. The highest BCUT2D eigenvalue weighted by atomic mass is 16.5. The maximum Gasteiger partial charge on any atom is 0.308 e. The van der Waals surface area contributed by atoms with Crippen LogP contribution in [-0.2, 0) is 7.05 Å². The van der Waals surface area contributed by atoms with Gasteiger partial charge in [0.1, 0.15) is 0 Å². The number of aliphatic hydroxyl groups excluding tert-OH is 1. The van der Waals surface area contributed by atoms with E-state index >= 15 is 0 Å². The van der Waals surface area contributed by atoms with Gasteiger partial charge in [0, 0.05) is 27.2 Å². The van der Waals surface area contributed by atoms with Crippen molar-refractivity contribution < 1.29 is 14.6 Å². The molecule has 0 saturated carbocycles. The zero-order chi connectivity index (χ0) is 18.8. The van der Waals surface area contributed by atoms with Crippen LogP contribution in [0.15, 0.2) is 27.8 Å². The molecule has 1 amide bonds. The summed E-state index contributed by atoms with van der Waals surface area (Å²) in [5.41, 5.74) is 0.00240. The van der Waals surface area contributed by atoms with Crippen LogP contribution in [0.3, 0.4) is 0 Å². The fraction of sp³-hybridized carbons (Fsp3) is 0.353. The number of carbonyl (C=O) groups excluding carboxylic acids is 1. The molecule has 0 spiro atoms. The molecule has 0 bridgehead atoms. The number of hydrogen-bond donors (Lipinski definition) is 3. The number of benzene rings is 1. The minimum Gasteiger partial charge on any atom is -0.446 e. The molecule has 9 nitrogen and oxygen atoms in total. The number of ether oxygens (including phenoxy) is 1. The highest BCUT2D eigenvalue weighted by molar-refractivity contribution is 6.00. The van der Waals surface area contributed by atoms with Crippen LogP contribution in [0.5, 0.6) is 11.5 Å². The zero-order valence-electron chi connectivity index (χ0n) is 14.5. The van der Waals surface area contributed by atoms with E-state index in [-0.39, 0.29) is 23.1 Å². The summed E-state index contributed by atoms with van der Waals surface area (Å²) in [6.07, 6.45) is 1.97. The average molecular weight is 360 g/mol. The molecule has 9 heteroatoms. The van der Waals surface area contributed by atoms with E-state index in [9.17, 15) is 14.4 Å². The third-order valence-corrected chi connectivity index (χ3v) is 4.32. The Morgan fingerprint density at radius 3 is 2.54 bits per heavy atom. The van der Waals surface area contributed by atoms with E-state index in [2.05, 4.69) is 10.4 Å². The van der Waals surface area contributed by atoms with Crippen LogP contribution < -0.4 is 21.2 Å². The van der Waals surface area contributed by atoms with E-state index in [4.69, 9.17) is 9.84 Å². The van der Waals surface area contributed by atoms with Crippen LogP contribution in [0.1, 0.15) is 23.2 Å². The molecule has 1 aromatic carbocycles. The number of likely N-dealkylation sites (tertiary alicyclic amines) is 1. The van der Waals surface area contributed by atoms with Gasteiger partial charge in [0.25, 0.3) is 11.5 Å². The monoisotopic (exact) mass is 360 g/mol. The molecule has 0 atom stereocenters. The van der Waals surface area contributed by atoms with Crippen molar-refractivity contribution in [2.24, 2.45) is 7.05 Å². The Balaban J connectivity index is 0.000000948. The minimum atomic E-state index is -0.534. The summed E-state index contributed by atoms with van der Waals surface area (Å²) in [7, 11) is 2.45. The molecule has 4 rings (SSSR count). The van der Waals surface area contributed by atoms with Gasteiger partial charge in [0.2, 0.25) is 5.75 Å². The topological polar surface area (TPSA) is 117 Å². The number of para-hydroxylation sites is 1. The number of fused-ring (bicyclic) bond motifs is 2. The first-order valence-electron chi connectivity index (χ1n) is 8.21. The first kappa shape index (κ1) is 17.7. The maximum absolute atomic E-state index is 12.7. The molecule has 1 fully saturated rings. The first-order valence-corrected chi connectivity index (χ1v) is 8.21.